The molecule has 0 saturated carbocycles. The van der Waals surface area contributed by atoms with Crippen LogP contribution in [0.5, 0.6) is 0 Å². The molecule has 0 aliphatic heterocycles. The molecule has 3 aromatic rings. The van der Waals surface area contributed by atoms with Crippen LogP contribution in [0.2, 0.25) is 5.02 Å². The monoisotopic (exact) mass is 301 g/mol. The van der Waals surface area contributed by atoms with E-state index in [0.717, 1.165) is 22.8 Å². The molecule has 86 valence electrons. The molecule has 0 aliphatic rings. The van der Waals surface area contributed by atoms with E-state index in [-0.39, 0.29) is 0 Å². The number of benzene rings is 1. The van der Waals surface area contributed by atoms with Gasteiger partial charge in [-0.05, 0) is 24.4 Å². The molecule has 0 aliphatic carbocycles. The minimum absolute atomic E-state index is 0.575. The first-order valence-corrected chi connectivity index (χ1v) is 6.80. The molecule has 2 N–H and O–H groups in total. The van der Waals surface area contributed by atoms with Gasteiger partial charge in [0.15, 0.2) is 3.95 Å². The standard InChI is InChI=1S/C8H4ClN5S3/c9-3-1-2-4-6(14-17-13-4)5(3)10-7-11-12-8(15)16-7/h1-2H,(H,10,11)(H,12,15). The first-order valence-electron chi connectivity index (χ1n) is 4.47. The number of nitrogens with zero attached hydrogens (tertiary/aromatic N) is 3. The van der Waals surface area contributed by atoms with Gasteiger partial charge in [0.25, 0.3) is 0 Å². The Morgan fingerprint density at radius 3 is 3.00 bits per heavy atom. The highest BCUT2D eigenvalue weighted by Crippen LogP contribution is 2.32. The predicted octanol–water partition coefficient (Wildman–Crippen LogP) is 3.60. The molecule has 0 bridgehead atoms. The van der Waals surface area contributed by atoms with E-state index in [4.69, 9.17) is 23.8 Å². The summed E-state index contributed by atoms with van der Waals surface area (Å²) < 4.78 is 8.96. The van der Waals surface area contributed by atoms with Crippen molar-refractivity contribution >= 4 is 68.7 Å². The predicted molar refractivity (Wildman–Crippen MR) is 73.0 cm³/mol. The Bertz CT molecular complexity index is 730. The smallest absolute Gasteiger partial charge is 0.208 e. The summed E-state index contributed by atoms with van der Waals surface area (Å²) in [5, 5.41) is 11.0. The molecule has 0 saturated heterocycles. The Morgan fingerprint density at radius 1 is 1.35 bits per heavy atom. The largest absolute Gasteiger partial charge is 0.327 e. The van der Waals surface area contributed by atoms with E-state index in [1.54, 1.807) is 6.07 Å². The van der Waals surface area contributed by atoms with Crippen molar-refractivity contribution in [2.45, 2.75) is 0 Å². The van der Waals surface area contributed by atoms with Crippen LogP contribution in [-0.2, 0) is 0 Å². The minimum atomic E-state index is 0.575. The Labute approximate surface area is 114 Å². The zero-order valence-corrected chi connectivity index (χ0v) is 11.3. The van der Waals surface area contributed by atoms with E-state index in [1.807, 2.05) is 6.07 Å². The second kappa shape index (κ2) is 4.30. The number of aromatic amines is 1. The highest BCUT2D eigenvalue weighted by molar-refractivity contribution is 7.73. The number of fused-ring (bicyclic) bond motifs is 1. The van der Waals surface area contributed by atoms with Crippen LogP contribution in [0.4, 0.5) is 10.8 Å². The molecule has 2 aromatic heterocycles. The molecule has 0 spiro atoms. The summed E-state index contributed by atoms with van der Waals surface area (Å²) in [5.74, 6) is 0. The molecule has 5 nitrogen and oxygen atoms in total. The number of nitrogens with one attached hydrogen (secondary N) is 2. The van der Waals surface area contributed by atoms with Crippen molar-refractivity contribution in [3.63, 3.8) is 0 Å². The molecular weight excluding hydrogens is 298 g/mol. The van der Waals surface area contributed by atoms with Gasteiger partial charge in [-0.2, -0.15) is 8.75 Å². The van der Waals surface area contributed by atoms with Crippen molar-refractivity contribution in [2.24, 2.45) is 0 Å². The third-order valence-electron chi connectivity index (χ3n) is 2.05. The molecule has 0 fully saturated rings. The van der Waals surface area contributed by atoms with E-state index < -0.39 is 0 Å². The molecule has 0 unspecified atom stereocenters. The van der Waals surface area contributed by atoms with Crippen molar-refractivity contribution in [1.82, 2.24) is 18.9 Å². The molecular formula is C8H4ClN5S3. The summed E-state index contributed by atoms with van der Waals surface area (Å²) in [6, 6.07) is 3.61. The third-order valence-corrected chi connectivity index (χ3v) is 3.91. The van der Waals surface area contributed by atoms with Crippen molar-refractivity contribution in [3.8, 4) is 0 Å². The zero-order chi connectivity index (χ0) is 11.8. The van der Waals surface area contributed by atoms with E-state index >= 15 is 0 Å². The SMILES string of the molecule is S=c1[nH]nc(Nc2c(Cl)ccc3nsnc23)s1. The van der Waals surface area contributed by atoms with Crippen LogP contribution in [0.15, 0.2) is 12.1 Å². The Morgan fingerprint density at radius 2 is 2.24 bits per heavy atom. The third kappa shape index (κ3) is 2.04. The summed E-state index contributed by atoms with van der Waals surface area (Å²) >= 11 is 13.6. The summed E-state index contributed by atoms with van der Waals surface area (Å²) in [6.45, 7) is 0. The molecule has 3 rings (SSSR count). The Kier molecular flexibility index (Phi) is 2.79. The Hall–Kier alpha value is -1.09. The lowest BCUT2D eigenvalue weighted by Crippen LogP contribution is -1.92. The second-order valence-electron chi connectivity index (χ2n) is 3.10. The summed E-state index contributed by atoms with van der Waals surface area (Å²) in [4.78, 5) is 0. The summed E-state index contributed by atoms with van der Waals surface area (Å²) in [5.41, 5.74) is 2.25. The Balaban J connectivity index is 2.12. The van der Waals surface area contributed by atoms with Crippen molar-refractivity contribution in [2.75, 3.05) is 5.32 Å². The van der Waals surface area contributed by atoms with Gasteiger partial charge in [0, 0.05) is 0 Å². The van der Waals surface area contributed by atoms with Crippen LogP contribution in [0.3, 0.4) is 0 Å². The maximum absolute atomic E-state index is 6.13. The molecule has 17 heavy (non-hydrogen) atoms. The van der Waals surface area contributed by atoms with Crippen LogP contribution < -0.4 is 5.32 Å². The van der Waals surface area contributed by atoms with Gasteiger partial charge in [0.05, 0.1) is 22.4 Å². The number of anilines is 2. The van der Waals surface area contributed by atoms with Gasteiger partial charge in [-0.15, -0.1) is 5.10 Å². The highest BCUT2D eigenvalue weighted by atomic mass is 35.5. The fourth-order valence-corrected chi connectivity index (χ4v) is 2.87. The van der Waals surface area contributed by atoms with Crippen LogP contribution in [0.25, 0.3) is 11.0 Å². The molecule has 0 atom stereocenters. The average molecular weight is 302 g/mol. The fraction of sp³-hybridized carbons (Fsp3) is 0. The van der Waals surface area contributed by atoms with Gasteiger partial charge >= 0.3 is 0 Å². The van der Waals surface area contributed by atoms with E-state index in [1.165, 1.54) is 11.3 Å². The van der Waals surface area contributed by atoms with E-state index in [2.05, 4.69) is 24.3 Å². The molecule has 0 amide bonds. The number of hydrogen-bond donors (Lipinski definition) is 2. The summed E-state index contributed by atoms with van der Waals surface area (Å²) in [6.07, 6.45) is 0. The van der Waals surface area contributed by atoms with Crippen LogP contribution in [0, 0.1) is 3.95 Å². The van der Waals surface area contributed by atoms with E-state index in [9.17, 15) is 0 Å². The number of aromatic nitrogens is 4. The second-order valence-corrected chi connectivity index (χ2v) is 5.70. The van der Waals surface area contributed by atoms with Gasteiger partial charge < -0.3 is 5.32 Å². The number of H-pyrrole nitrogens is 1. The van der Waals surface area contributed by atoms with Crippen LogP contribution >= 0.6 is 46.9 Å². The first kappa shape index (κ1) is 11.0. The number of hydrogen-bond acceptors (Lipinski definition) is 7. The normalized spacial score (nSPS) is 10.9. The molecule has 9 heteroatoms. The number of halogens is 1. The first-order chi connectivity index (χ1) is 8.24. The number of rotatable bonds is 2. The lowest BCUT2D eigenvalue weighted by Gasteiger charge is -2.04. The van der Waals surface area contributed by atoms with Crippen LogP contribution in [-0.4, -0.2) is 18.9 Å². The maximum atomic E-state index is 6.13. The molecule has 0 radical (unpaired) electrons. The zero-order valence-electron chi connectivity index (χ0n) is 8.10. The fourth-order valence-electron chi connectivity index (χ4n) is 1.34. The molecule has 2 heterocycles. The van der Waals surface area contributed by atoms with Gasteiger partial charge in [-0.3, -0.25) is 5.10 Å². The van der Waals surface area contributed by atoms with Gasteiger partial charge in [0.1, 0.15) is 11.0 Å². The highest BCUT2D eigenvalue weighted by Gasteiger charge is 2.11. The van der Waals surface area contributed by atoms with E-state index in [0.29, 0.717) is 19.8 Å². The van der Waals surface area contributed by atoms with Crippen molar-refractivity contribution in [3.05, 3.63) is 21.1 Å². The summed E-state index contributed by atoms with van der Waals surface area (Å²) in [7, 11) is 0. The molecule has 1 aromatic carbocycles. The lowest BCUT2D eigenvalue weighted by molar-refractivity contribution is 1.08. The van der Waals surface area contributed by atoms with Gasteiger partial charge in [-0.1, -0.05) is 22.9 Å². The lowest BCUT2D eigenvalue weighted by atomic mass is 10.2. The topological polar surface area (TPSA) is 66.5 Å². The van der Waals surface area contributed by atoms with Crippen molar-refractivity contribution in [1.29, 1.82) is 0 Å². The average Bonchev–Trinajstić information content (AvgIpc) is 2.91. The minimum Gasteiger partial charge on any atom is -0.327 e. The van der Waals surface area contributed by atoms with Crippen molar-refractivity contribution < 1.29 is 0 Å². The van der Waals surface area contributed by atoms with Gasteiger partial charge in [0.2, 0.25) is 5.13 Å². The quantitative estimate of drug-likeness (QED) is 0.708. The van der Waals surface area contributed by atoms with Crippen LogP contribution in [0.1, 0.15) is 0 Å². The maximum Gasteiger partial charge on any atom is 0.208 e. The van der Waals surface area contributed by atoms with Gasteiger partial charge in [-0.25, -0.2) is 0 Å².